The highest BCUT2D eigenvalue weighted by Gasteiger charge is 2.09. The number of hydrogen-bond acceptors (Lipinski definition) is 3. The SMILES string of the molecule is O=S(=O)(F)Cc1ccc2nc[nH]c2c1. The molecule has 0 aliphatic rings. The standard InChI is InChI=1S/C8H7FN2O2S/c9-14(12,13)4-6-1-2-7-8(3-6)11-5-10-7/h1-3,5H,4H2,(H,10,11). The van der Waals surface area contributed by atoms with Crippen LogP contribution < -0.4 is 0 Å². The average Bonchev–Trinajstić information content (AvgIpc) is 2.47. The number of benzene rings is 1. The molecule has 0 saturated carbocycles. The zero-order valence-corrected chi connectivity index (χ0v) is 7.88. The van der Waals surface area contributed by atoms with E-state index < -0.39 is 16.0 Å². The van der Waals surface area contributed by atoms with Gasteiger partial charge in [0.05, 0.1) is 17.4 Å². The van der Waals surface area contributed by atoms with Gasteiger partial charge in [-0.25, -0.2) is 4.98 Å². The number of aromatic nitrogens is 2. The molecule has 0 unspecified atom stereocenters. The van der Waals surface area contributed by atoms with Crippen molar-refractivity contribution in [2.75, 3.05) is 0 Å². The molecule has 0 atom stereocenters. The van der Waals surface area contributed by atoms with Crippen molar-refractivity contribution in [1.82, 2.24) is 9.97 Å². The molecule has 2 rings (SSSR count). The van der Waals surface area contributed by atoms with Crippen LogP contribution in [0.3, 0.4) is 0 Å². The molecule has 1 aromatic heterocycles. The van der Waals surface area contributed by atoms with Gasteiger partial charge in [0.1, 0.15) is 5.75 Å². The molecular weight excluding hydrogens is 207 g/mol. The minimum absolute atomic E-state index is 0.407. The first-order valence-corrected chi connectivity index (χ1v) is 5.44. The zero-order chi connectivity index (χ0) is 10.2. The largest absolute Gasteiger partial charge is 0.345 e. The molecule has 6 heteroatoms. The molecule has 2 aromatic rings. The lowest BCUT2D eigenvalue weighted by Crippen LogP contribution is -1.95. The van der Waals surface area contributed by atoms with Crippen LogP contribution in [0.5, 0.6) is 0 Å². The summed E-state index contributed by atoms with van der Waals surface area (Å²) < 4.78 is 33.1. The second-order valence-corrected chi connectivity index (χ2v) is 4.30. The maximum absolute atomic E-state index is 12.3. The van der Waals surface area contributed by atoms with Crippen LogP contribution in [0.25, 0.3) is 11.0 Å². The maximum Gasteiger partial charge on any atom is 0.306 e. The molecule has 0 aliphatic carbocycles. The Labute approximate surface area is 80.0 Å². The summed E-state index contributed by atoms with van der Waals surface area (Å²) >= 11 is 0. The minimum Gasteiger partial charge on any atom is -0.345 e. The zero-order valence-electron chi connectivity index (χ0n) is 7.07. The molecule has 1 heterocycles. The Morgan fingerprint density at radius 1 is 1.43 bits per heavy atom. The molecule has 0 spiro atoms. The van der Waals surface area contributed by atoms with Crippen molar-refractivity contribution in [2.24, 2.45) is 0 Å². The number of fused-ring (bicyclic) bond motifs is 1. The van der Waals surface area contributed by atoms with E-state index in [1.165, 1.54) is 6.33 Å². The number of hydrogen-bond donors (Lipinski definition) is 1. The third-order valence-electron chi connectivity index (χ3n) is 1.82. The second-order valence-electron chi connectivity index (χ2n) is 2.94. The predicted molar refractivity (Wildman–Crippen MR) is 49.8 cm³/mol. The Balaban J connectivity index is 2.44. The Kier molecular flexibility index (Phi) is 1.99. The van der Waals surface area contributed by atoms with Gasteiger partial charge in [-0.15, -0.1) is 3.89 Å². The predicted octanol–water partition coefficient (Wildman–Crippen LogP) is 1.36. The van der Waals surface area contributed by atoms with Crippen LogP contribution >= 0.6 is 0 Å². The van der Waals surface area contributed by atoms with E-state index in [0.717, 1.165) is 5.52 Å². The van der Waals surface area contributed by atoms with Crippen LogP contribution in [0.1, 0.15) is 5.56 Å². The number of rotatable bonds is 2. The van der Waals surface area contributed by atoms with Gasteiger partial charge in [-0.2, -0.15) is 8.42 Å². The lowest BCUT2D eigenvalue weighted by atomic mass is 10.2. The van der Waals surface area contributed by atoms with Crippen molar-refractivity contribution >= 4 is 21.3 Å². The van der Waals surface area contributed by atoms with Crippen LogP contribution in [-0.2, 0) is 16.0 Å². The van der Waals surface area contributed by atoms with Crippen LogP contribution in [0.4, 0.5) is 3.89 Å². The third kappa shape index (κ3) is 1.90. The smallest absolute Gasteiger partial charge is 0.306 e. The Morgan fingerprint density at radius 3 is 2.93 bits per heavy atom. The van der Waals surface area contributed by atoms with Crippen LogP contribution in [0.15, 0.2) is 24.5 Å². The monoisotopic (exact) mass is 214 g/mol. The Hall–Kier alpha value is -1.43. The fourth-order valence-corrected chi connectivity index (χ4v) is 1.85. The molecule has 0 radical (unpaired) electrons. The first kappa shape index (κ1) is 9.14. The van der Waals surface area contributed by atoms with Crippen molar-refractivity contribution in [3.8, 4) is 0 Å². The van der Waals surface area contributed by atoms with Crippen molar-refractivity contribution < 1.29 is 12.3 Å². The molecule has 0 bridgehead atoms. The number of H-pyrrole nitrogens is 1. The van der Waals surface area contributed by atoms with Crippen molar-refractivity contribution in [3.05, 3.63) is 30.1 Å². The van der Waals surface area contributed by atoms with Gasteiger partial charge in [0, 0.05) is 0 Å². The van der Waals surface area contributed by atoms with Gasteiger partial charge >= 0.3 is 10.2 Å². The fourth-order valence-electron chi connectivity index (χ4n) is 1.27. The highest BCUT2D eigenvalue weighted by molar-refractivity contribution is 7.85. The van der Waals surface area contributed by atoms with E-state index in [2.05, 4.69) is 9.97 Å². The van der Waals surface area contributed by atoms with Crippen molar-refractivity contribution in [1.29, 1.82) is 0 Å². The van der Waals surface area contributed by atoms with Gasteiger partial charge in [0.15, 0.2) is 0 Å². The van der Waals surface area contributed by atoms with E-state index >= 15 is 0 Å². The van der Waals surface area contributed by atoms with Gasteiger partial charge < -0.3 is 4.98 Å². The fraction of sp³-hybridized carbons (Fsp3) is 0.125. The Bertz CT molecular complexity index is 561. The number of nitrogens with one attached hydrogen (secondary N) is 1. The molecule has 1 aromatic carbocycles. The first-order valence-electron chi connectivity index (χ1n) is 3.89. The minimum atomic E-state index is -4.46. The topological polar surface area (TPSA) is 62.8 Å². The van der Waals surface area contributed by atoms with Crippen LogP contribution in [-0.4, -0.2) is 18.4 Å². The van der Waals surface area contributed by atoms with Gasteiger partial charge in [-0.1, -0.05) is 6.07 Å². The van der Waals surface area contributed by atoms with E-state index in [-0.39, 0.29) is 0 Å². The summed E-state index contributed by atoms with van der Waals surface area (Å²) in [6.07, 6.45) is 1.50. The molecule has 1 N–H and O–H groups in total. The molecule has 74 valence electrons. The van der Waals surface area contributed by atoms with Crippen LogP contribution in [0.2, 0.25) is 0 Å². The molecule has 4 nitrogen and oxygen atoms in total. The van der Waals surface area contributed by atoms with Gasteiger partial charge in [-0.05, 0) is 17.7 Å². The summed E-state index contributed by atoms with van der Waals surface area (Å²) in [5.74, 6) is -0.595. The lowest BCUT2D eigenvalue weighted by molar-refractivity contribution is 0.551. The normalized spacial score (nSPS) is 12.1. The maximum atomic E-state index is 12.3. The molecular formula is C8H7FN2O2S. The van der Waals surface area contributed by atoms with Gasteiger partial charge in [0.2, 0.25) is 0 Å². The summed E-state index contributed by atoms with van der Waals surface area (Å²) in [4.78, 5) is 6.77. The molecule has 0 fully saturated rings. The highest BCUT2D eigenvalue weighted by Crippen LogP contribution is 2.14. The van der Waals surface area contributed by atoms with Gasteiger partial charge in [0.25, 0.3) is 0 Å². The highest BCUT2D eigenvalue weighted by atomic mass is 32.3. The van der Waals surface area contributed by atoms with E-state index in [0.29, 0.717) is 11.1 Å². The summed E-state index contributed by atoms with van der Waals surface area (Å²) in [7, 11) is -4.46. The average molecular weight is 214 g/mol. The van der Waals surface area contributed by atoms with E-state index in [9.17, 15) is 12.3 Å². The summed E-state index contributed by atoms with van der Waals surface area (Å²) in [6, 6.07) is 4.76. The van der Waals surface area contributed by atoms with E-state index in [1.54, 1.807) is 18.2 Å². The molecule has 14 heavy (non-hydrogen) atoms. The number of imidazole rings is 1. The van der Waals surface area contributed by atoms with E-state index in [1.807, 2.05) is 0 Å². The molecule has 0 saturated heterocycles. The number of halogens is 1. The van der Waals surface area contributed by atoms with Crippen LogP contribution in [0, 0.1) is 0 Å². The lowest BCUT2D eigenvalue weighted by Gasteiger charge is -1.96. The second kappa shape index (κ2) is 3.06. The first-order chi connectivity index (χ1) is 6.54. The summed E-state index contributed by atoms with van der Waals surface area (Å²) in [5.41, 5.74) is 1.83. The summed E-state index contributed by atoms with van der Waals surface area (Å²) in [5, 5.41) is 0. The van der Waals surface area contributed by atoms with Crippen molar-refractivity contribution in [2.45, 2.75) is 5.75 Å². The van der Waals surface area contributed by atoms with Crippen molar-refractivity contribution in [3.63, 3.8) is 0 Å². The molecule has 0 amide bonds. The number of nitrogens with zero attached hydrogens (tertiary/aromatic N) is 1. The van der Waals surface area contributed by atoms with Gasteiger partial charge in [-0.3, -0.25) is 0 Å². The quantitative estimate of drug-likeness (QED) is 0.768. The number of aromatic amines is 1. The Morgan fingerprint density at radius 2 is 2.21 bits per heavy atom. The third-order valence-corrected chi connectivity index (χ3v) is 2.50. The summed E-state index contributed by atoms with van der Waals surface area (Å²) in [6.45, 7) is 0. The molecule has 0 aliphatic heterocycles. The van der Waals surface area contributed by atoms with E-state index in [4.69, 9.17) is 0 Å².